The molecule has 0 atom stereocenters. The third-order valence-electron chi connectivity index (χ3n) is 4.08. The van der Waals surface area contributed by atoms with Gasteiger partial charge < -0.3 is 5.73 Å². The van der Waals surface area contributed by atoms with Gasteiger partial charge in [-0.25, -0.2) is 8.42 Å². The minimum Gasteiger partial charge on any atom is -0.398 e. The van der Waals surface area contributed by atoms with E-state index in [1.165, 1.54) is 6.07 Å². The van der Waals surface area contributed by atoms with E-state index in [-0.39, 0.29) is 10.7 Å². The first-order valence-electron chi connectivity index (χ1n) is 7.66. The van der Waals surface area contributed by atoms with E-state index >= 15 is 0 Å². The molecule has 4 rings (SSSR count). The Morgan fingerprint density at radius 1 is 1.12 bits per heavy atom. The molecule has 0 amide bonds. The summed E-state index contributed by atoms with van der Waals surface area (Å²) in [7, 11) is -3.50. The third kappa shape index (κ3) is 2.68. The quantitative estimate of drug-likeness (QED) is 0.568. The van der Waals surface area contributed by atoms with Crippen LogP contribution < -0.4 is 5.73 Å². The van der Waals surface area contributed by atoms with Gasteiger partial charge in [-0.1, -0.05) is 24.3 Å². The van der Waals surface area contributed by atoms with Crippen LogP contribution >= 0.6 is 0 Å². The van der Waals surface area contributed by atoms with E-state index in [1.807, 2.05) is 24.3 Å². The molecule has 0 bridgehead atoms. The molecule has 0 aliphatic rings. The van der Waals surface area contributed by atoms with Crippen molar-refractivity contribution in [2.75, 3.05) is 12.0 Å². The number of benzene rings is 2. The average Bonchev–Trinajstić information content (AvgIpc) is 3.14. The van der Waals surface area contributed by atoms with Crippen LogP contribution in [0.4, 0.5) is 5.69 Å². The van der Waals surface area contributed by atoms with Crippen LogP contribution in [0, 0.1) is 0 Å². The number of hydrogen-bond acceptors (Lipinski definition) is 7. The van der Waals surface area contributed by atoms with Crippen molar-refractivity contribution in [3.63, 3.8) is 0 Å². The predicted octanol–water partition coefficient (Wildman–Crippen LogP) is 2.07. The van der Waals surface area contributed by atoms with Crippen molar-refractivity contribution in [1.82, 2.24) is 25.6 Å². The van der Waals surface area contributed by atoms with Crippen LogP contribution in [-0.4, -0.2) is 40.3 Å². The zero-order valence-corrected chi connectivity index (χ0v) is 14.5. The van der Waals surface area contributed by atoms with Gasteiger partial charge in [0.05, 0.1) is 10.4 Å². The molecule has 2 heterocycles. The Kier molecular flexibility index (Phi) is 3.66. The summed E-state index contributed by atoms with van der Waals surface area (Å²) < 4.78 is 24.5. The Bertz CT molecular complexity index is 1220. The van der Waals surface area contributed by atoms with E-state index in [0.29, 0.717) is 22.3 Å². The number of nitrogen functional groups attached to an aromatic ring is 1. The molecule has 0 unspecified atom stereocenters. The first kappa shape index (κ1) is 16.2. The highest BCUT2D eigenvalue weighted by atomic mass is 32.2. The Morgan fingerprint density at radius 3 is 2.69 bits per heavy atom. The number of hydrogen-bond donors (Lipinski definition) is 2. The van der Waals surface area contributed by atoms with Crippen molar-refractivity contribution in [2.24, 2.45) is 0 Å². The number of rotatable bonds is 3. The molecule has 9 heteroatoms. The number of nitrogens with one attached hydrogen (secondary N) is 1. The molecule has 0 fully saturated rings. The maximum Gasteiger partial charge on any atom is 0.206 e. The number of anilines is 1. The first-order valence-corrected chi connectivity index (χ1v) is 9.56. The number of aromatic nitrogens is 5. The van der Waals surface area contributed by atoms with Crippen molar-refractivity contribution in [3.8, 4) is 22.5 Å². The number of nitrogens with zero attached hydrogens (tertiary/aromatic N) is 4. The Labute approximate surface area is 149 Å². The molecule has 2 aromatic heterocycles. The second kappa shape index (κ2) is 5.88. The molecule has 0 aliphatic carbocycles. The SMILES string of the molecule is CS(=O)(=O)c1cccc(-c2ccc3c(N)ccnc3c2)c1-c1nn[nH]n1. The molecule has 130 valence electrons. The van der Waals surface area contributed by atoms with Crippen molar-refractivity contribution in [1.29, 1.82) is 0 Å². The van der Waals surface area contributed by atoms with E-state index in [0.717, 1.165) is 17.2 Å². The van der Waals surface area contributed by atoms with Crippen molar-refractivity contribution >= 4 is 26.4 Å². The molecule has 0 saturated heterocycles. The van der Waals surface area contributed by atoms with E-state index in [1.54, 1.807) is 18.3 Å². The second-order valence-corrected chi connectivity index (χ2v) is 7.80. The summed E-state index contributed by atoms with van der Waals surface area (Å²) in [5.74, 6) is 0.210. The van der Waals surface area contributed by atoms with E-state index < -0.39 is 9.84 Å². The molecule has 2 aromatic carbocycles. The van der Waals surface area contributed by atoms with Crippen LogP contribution in [0.5, 0.6) is 0 Å². The van der Waals surface area contributed by atoms with Crippen LogP contribution in [0.1, 0.15) is 0 Å². The minimum absolute atomic E-state index is 0.136. The zero-order valence-electron chi connectivity index (χ0n) is 13.7. The van der Waals surface area contributed by atoms with Crippen molar-refractivity contribution in [2.45, 2.75) is 4.90 Å². The highest BCUT2D eigenvalue weighted by Crippen LogP contribution is 2.36. The fourth-order valence-corrected chi connectivity index (χ4v) is 3.81. The van der Waals surface area contributed by atoms with Gasteiger partial charge in [0.15, 0.2) is 9.84 Å². The largest absolute Gasteiger partial charge is 0.398 e. The third-order valence-corrected chi connectivity index (χ3v) is 5.22. The Hall–Kier alpha value is -3.33. The van der Waals surface area contributed by atoms with Gasteiger partial charge in [-0.05, 0) is 34.5 Å². The number of tetrazole rings is 1. The summed E-state index contributed by atoms with van der Waals surface area (Å²) in [5.41, 5.74) is 9.17. The fraction of sp³-hybridized carbons (Fsp3) is 0.0588. The molecule has 3 N–H and O–H groups in total. The summed E-state index contributed by atoms with van der Waals surface area (Å²) in [6.45, 7) is 0. The van der Waals surface area contributed by atoms with Crippen LogP contribution in [0.25, 0.3) is 33.4 Å². The number of fused-ring (bicyclic) bond motifs is 1. The number of nitrogens with two attached hydrogens (primary N) is 1. The lowest BCUT2D eigenvalue weighted by Gasteiger charge is -2.12. The van der Waals surface area contributed by atoms with Crippen LogP contribution in [0.15, 0.2) is 53.6 Å². The first-order chi connectivity index (χ1) is 12.4. The molecule has 8 nitrogen and oxygen atoms in total. The monoisotopic (exact) mass is 366 g/mol. The van der Waals surface area contributed by atoms with Crippen molar-refractivity contribution in [3.05, 3.63) is 48.7 Å². The highest BCUT2D eigenvalue weighted by molar-refractivity contribution is 7.90. The zero-order chi connectivity index (χ0) is 18.3. The summed E-state index contributed by atoms with van der Waals surface area (Å²) in [6.07, 6.45) is 2.78. The number of H-pyrrole nitrogens is 1. The van der Waals surface area contributed by atoms with Gasteiger partial charge in [-0.2, -0.15) is 5.21 Å². The van der Waals surface area contributed by atoms with Gasteiger partial charge in [-0.15, -0.1) is 10.2 Å². The maximum absolute atomic E-state index is 12.3. The molecule has 4 aromatic rings. The Balaban J connectivity index is 2.04. The molecule has 0 spiro atoms. The van der Waals surface area contributed by atoms with E-state index in [9.17, 15) is 8.42 Å². The average molecular weight is 366 g/mol. The van der Waals surface area contributed by atoms with Gasteiger partial charge in [0.25, 0.3) is 0 Å². The molecule has 0 radical (unpaired) electrons. The van der Waals surface area contributed by atoms with Gasteiger partial charge in [0.2, 0.25) is 5.82 Å². The van der Waals surface area contributed by atoms with Crippen molar-refractivity contribution < 1.29 is 8.42 Å². The lowest BCUT2D eigenvalue weighted by atomic mass is 9.97. The summed E-state index contributed by atoms with van der Waals surface area (Å²) in [5, 5.41) is 14.7. The molecule has 26 heavy (non-hydrogen) atoms. The standard InChI is InChI=1S/C17H14N6O2S/c1-26(24,25)15-4-2-3-11(16(15)17-20-22-23-21-17)10-5-6-12-13(18)7-8-19-14(12)9-10/h2-9H,1H3,(H2,18,19)(H,20,21,22,23). The van der Waals surface area contributed by atoms with E-state index in [4.69, 9.17) is 5.73 Å². The van der Waals surface area contributed by atoms with Crippen LogP contribution in [0.2, 0.25) is 0 Å². The predicted molar refractivity (Wildman–Crippen MR) is 97.9 cm³/mol. The number of sulfone groups is 1. The molecular weight excluding hydrogens is 352 g/mol. The van der Waals surface area contributed by atoms with Crippen LogP contribution in [0.3, 0.4) is 0 Å². The lowest BCUT2D eigenvalue weighted by molar-refractivity contribution is 0.602. The summed E-state index contributed by atoms with van der Waals surface area (Å²) in [4.78, 5) is 4.48. The number of pyridine rings is 1. The summed E-state index contributed by atoms with van der Waals surface area (Å²) >= 11 is 0. The lowest BCUT2D eigenvalue weighted by Crippen LogP contribution is -2.02. The Morgan fingerprint density at radius 2 is 1.96 bits per heavy atom. The van der Waals surface area contributed by atoms with Gasteiger partial charge in [-0.3, -0.25) is 4.98 Å². The number of aromatic amines is 1. The maximum atomic E-state index is 12.3. The minimum atomic E-state index is -3.50. The summed E-state index contributed by atoms with van der Waals surface area (Å²) in [6, 6.07) is 12.3. The smallest absolute Gasteiger partial charge is 0.206 e. The normalized spacial score (nSPS) is 11.7. The fourth-order valence-electron chi connectivity index (χ4n) is 2.92. The molecule has 0 aliphatic heterocycles. The molecule has 0 saturated carbocycles. The second-order valence-electron chi connectivity index (χ2n) is 5.82. The topological polar surface area (TPSA) is 128 Å². The van der Waals surface area contributed by atoms with E-state index in [2.05, 4.69) is 25.6 Å². The van der Waals surface area contributed by atoms with Gasteiger partial charge in [0, 0.05) is 29.1 Å². The van der Waals surface area contributed by atoms with Gasteiger partial charge in [0.1, 0.15) is 0 Å². The van der Waals surface area contributed by atoms with Gasteiger partial charge >= 0.3 is 0 Å². The molecular formula is C17H14N6O2S. The van der Waals surface area contributed by atoms with Crippen LogP contribution in [-0.2, 0) is 9.84 Å². The highest BCUT2D eigenvalue weighted by Gasteiger charge is 2.22.